The van der Waals surface area contributed by atoms with Crippen molar-refractivity contribution in [2.24, 2.45) is 5.92 Å². The van der Waals surface area contributed by atoms with E-state index >= 15 is 0 Å². The van der Waals surface area contributed by atoms with Crippen LogP contribution in [0, 0.1) is 5.92 Å². The molecule has 0 bridgehead atoms. The summed E-state index contributed by atoms with van der Waals surface area (Å²) in [5.74, 6) is 2.36. The molecular weight excluding hydrogens is 390 g/mol. The van der Waals surface area contributed by atoms with Gasteiger partial charge in [0.2, 0.25) is 11.9 Å². The molecule has 0 saturated heterocycles. The fraction of sp³-hybridized carbons (Fsp3) is 0.300. The smallest absolute Gasteiger partial charge is 0.239 e. The molecule has 3 N–H and O–H groups in total. The van der Waals surface area contributed by atoms with E-state index in [2.05, 4.69) is 30.9 Å². The molecule has 1 amide bonds. The predicted molar refractivity (Wildman–Crippen MR) is 112 cm³/mol. The van der Waals surface area contributed by atoms with Crippen LogP contribution in [0.25, 0.3) is 5.82 Å². The second kappa shape index (κ2) is 8.91. The predicted octanol–water partition coefficient (Wildman–Crippen LogP) is 2.87. The summed E-state index contributed by atoms with van der Waals surface area (Å²) in [6.45, 7) is 1.40. The fourth-order valence-corrected chi connectivity index (χ4v) is 2.85. The number of anilines is 2. The van der Waals surface area contributed by atoms with Crippen LogP contribution in [0.3, 0.4) is 0 Å². The second-order valence-corrected chi connectivity index (χ2v) is 7.42. The molecule has 9 heteroatoms. The van der Waals surface area contributed by atoms with Crippen molar-refractivity contribution in [1.29, 1.82) is 0 Å². The Hall–Kier alpha value is -3.13. The van der Waals surface area contributed by atoms with Crippen molar-refractivity contribution >= 4 is 29.3 Å². The zero-order chi connectivity index (χ0) is 20.1. The van der Waals surface area contributed by atoms with E-state index in [-0.39, 0.29) is 12.5 Å². The van der Waals surface area contributed by atoms with Crippen molar-refractivity contribution in [2.45, 2.75) is 19.4 Å². The molecule has 0 atom stereocenters. The minimum Gasteiger partial charge on any atom is -0.361 e. The van der Waals surface area contributed by atoms with Crippen molar-refractivity contribution in [3.05, 3.63) is 59.6 Å². The number of rotatable bonds is 9. The van der Waals surface area contributed by atoms with Crippen LogP contribution in [0.15, 0.2) is 49.1 Å². The zero-order valence-electron chi connectivity index (χ0n) is 15.8. The Morgan fingerprint density at radius 3 is 2.72 bits per heavy atom. The van der Waals surface area contributed by atoms with Crippen LogP contribution in [-0.2, 0) is 11.3 Å². The van der Waals surface area contributed by atoms with E-state index in [0.717, 1.165) is 12.1 Å². The summed E-state index contributed by atoms with van der Waals surface area (Å²) in [7, 11) is 0. The van der Waals surface area contributed by atoms with E-state index in [9.17, 15) is 4.79 Å². The molecule has 8 nitrogen and oxygen atoms in total. The molecule has 1 saturated carbocycles. The number of nitrogens with zero attached hydrogens (tertiary/aromatic N) is 4. The molecule has 150 valence electrons. The Morgan fingerprint density at radius 2 is 2.00 bits per heavy atom. The highest BCUT2D eigenvalue weighted by Crippen LogP contribution is 2.28. The SMILES string of the molecule is O=C(CNc1cc(-n2ccnc2)nc(NCC2CC2)n1)NCc1ccc(Cl)cc1. The monoisotopic (exact) mass is 411 g/mol. The first kappa shape index (κ1) is 19.2. The highest BCUT2D eigenvalue weighted by molar-refractivity contribution is 6.30. The van der Waals surface area contributed by atoms with Crippen molar-refractivity contribution in [2.75, 3.05) is 23.7 Å². The van der Waals surface area contributed by atoms with E-state index in [1.54, 1.807) is 35.3 Å². The fourth-order valence-electron chi connectivity index (χ4n) is 2.72. The topological polar surface area (TPSA) is 96.8 Å². The van der Waals surface area contributed by atoms with Gasteiger partial charge in [-0.1, -0.05) is 23.7 Å². The van der Waals surface area contributed by atoms with Gasteiger partial charge >= 0.3 is 0 Å². The number of imidazole rings is 1. The standard InChI is InChI=1S/C20H22ClN7O/c21-16-5-3-15(4-6-16)10-24-19(29)12-23-17-9-18(28-8-7-22-13-28)27-20(26-17)25-11-14-1-2-14/h3-9,13-14H,1-2,10-12H2,(H,24,29)(H2,23,25,26,27). The lowest BCUT2D eigenvalue weighted by Gasteiger charge is -2.12. The van der Waals surface area contributed by atoms with Gasteiger partial charge in [0.15, 0.2) is 0 Å². The Balaban J connectivity index is 1.37. The zero-order valence-corrected chi connectivity index (χ0v) is 16.6. The molecule has 0 radical (unpaired) electrons. The number of benzene rings is 1. The Bertz CT molecular complexity index is 955. The van der Waals surface area contributed by atoms with Gasteiger partial charge in [0.05, 0.1) is 6.54 Å². The lowest BCUT2D eigenvalue weighted by molar-refractivity contribution is -0.119. The van der Waals surface area contributed by atoms with E-state index in [0.29, 0.717) is 35.1 Å². The molecule has 0 spiro atoms. The van der Waals surface area contributed by atoms with Crippen LogP contribution < -0.4 is 16.0 Å². The maximum Gasteiger partial charge on any atom is 0.239 e. The van der Waals surface area contributed by atoms with Crippen LogP contribution >= 0.6 is 11.6 Å². The van der Waals surface area contributed by atoms with Gasteiger partial charge in [-0.15, -0.1) is 0 Å². The summed E-state index contributed by atoms with van der Waals surface area (Å²) < 4.78 is 1.80. The number of hydrogen-bond donors (Lipinski definition) is 3. The Morgan fingerprint density at radius 1 is 1.17 bits per heavy atom. The minimum atomic E-state index is -0.129. The second-order valence-electron chi connectivity index (χ2n) is 6.99. The summed E-state index contributed by atoms with van der Waals surface area (Å²) in [5, 5.41) is 9.91. The number of carbonyl (C=O) groups excluding carboxylic acids is 1. The van der Waals surface area contributed by atoms with Crippen molar-refractivity contribution in [3.8, 4) is 5.82 Å². The first-order chi connectivity index (χ1) is 14.2. The molecule has 1 aromatic carbocycles. The Kier molecular flexibility index (Phi) is 5.90. The molecule has 1 fully saturated rings. The number of carbonyl (C=O) groups is 1. The largest absolute Gasteiger partial charge is 0.361 e. The van der Waals surface area contributed by atoms with Gasteiger partial charge in [0, 0.05) is 36.6 Å². The lowest BCUT2D eigenvalue weighted by Crippen LogP contribution is -2.29. The summed E-state index contributed by atoms with van der Waals surface area (Å²) in [6, 6.07) is 9.16. The third kappa shape index (κ3) is 5.68. The number of hydrogen-bond acceptors (Lipinski definition) is 6. The quantitative estimate of drug-likeness (QED) is 0.501. The van der Waals surface area contributed by atoms with E-state index in [4.69, 9.17) is 11.6 Å². The first-order valence-corrected chi connectivity index (χ1v) is 9.90. The number of aromatic nitrogens is 4. The molecular formula is C20H22ClN7O. The number of amides is 1. The van der Waals surface area contributed by atoms with Gasteiger partial charge in [0.1, 0.15) is 18.0 Å². The molecule has 1 aliphatic rings. The molecule has 2 heterocycles. The van der Waals surface area contributed by atoms with Crippen molar-refractivity contribution in [1.82, 2.24) is 24.8 Å². The van der Waals surface area contributed by atoms with Gasteiger partial charge in [-0.05, 0) is 36.5 Å². The number of halogens is 1. The van der Waals surface area contributed by atoms with Crippen LogP contribution in [0.5, 0.6) is 0 Å². The van der Waals surface area contributed by atoms with Gasteiger partial charge in [-0.25, -0.2) is 4.98 Å². The summed E-state index contributed by atoms with van der Waals surface area (Å²) in [4.78, 5) is 25.3. The maximum atomic E-state index is 12.2. The average molecular weight is 412 g/mol. The summed E-state index contributed by atoms with van der Waals surface area (Å²) in [5.41, 5.74) is 0.985. The summed E-state index contributed by atoms with van der Waals surface area (Å²) in [6.07, 6.45) is 7.67. The van der Waals surface area contributed by atoms with Crippen LogP contribution in [0.1, 0.15) is 18.4 Å². The molecule has 3 aromatic rings. The number of nitrogens with one attached hydrogen (secondary N) is 3. The molecule has 0 unspecified atom stereocenters. The Labute approximate surface area is 173 Å². The summed E-state index contributed by atoms with van der Waals surface area (Å²) >= 11 is 5.88. The van der Waals surface area contributed by atoms with Gasteiger partial charge in [0.25, 0.3) is 0 Å². The van der Waals surface area contributed by atoms with Gasteiger partial charge < -0.3 is 16.0 Å². The van der Waals surface area contributed by atoms with E-state index < -0.39 is 0 Å². The normalized spacial score (nSPS) is 13.1. The third-order valence-corrected chi connectivity index (χ3v) is 4.81. The molecule has 4 rings (SSSR count). The lowest BCUT2D eigenvalue weighted by atomic mass is 10.2. The van der Waals surface area contributed by atoms with Crippen LogP contribution in [0.4, 0.5) is 11.8 Å². The third-order valence-electron chi connectivity index (χ3n) is 4.56. The minimum absolute atomic E-state index is 0.107. The van der Waals surface area contributed by atoms with Crippen molar-refractivity contribution in [3.63, 3.8) is 0 Å². The van der Waals surface area contributed by atoms with Crippen molar-refractivity contribution < 1.29 is 4.79 Å². The highest BCUT2D eigenvalue weighted by Gasteiger charge is 2.21. The highest BCUT2D eigenvalue weighted by atomic mass is 35.5. The molecule has 29 heavy (non-hydrogen) atoms. The van der Waals surface area contributed by atoms with Crippen LogP contribution in [-0.4, -0.2) is 38.5 Å². The van der Waals surface area contributed by atoms with Gasteiger partial charge in [-0.3, -0.25) is 9.36 Å². The molecule has 2 aromatic heterocycles. The average Bonchev–Trinajstić information content (AvgIpc) is 3.40. The van der Waals surface area contributed by atoms with E-state index in [1.165, 1.54) is 12.8 Å². The maximum absolute atomic E-state index is 12.2. The van der Waals surface area contributed by atoms with Crippen LogP contribution in [0.2, 0.25) is 5.02 Å². The molecule has 0 aliphatic heterocycles. The first-order valence-electron chi connectivity index (χ1n) is 9.52. The molecule has 1 aliphatic carbocycles. The van der Waals surface area contributed by atoms with E-state index in [1.807, 2.05) is 18.3 Å². The van der Waals surface area contributed by atoms with Gasteiger partial charge in [-0.2, -0.15) is 9.97 Å².